The van der Waals surface area contributed by atoms with Gasteiger partial charge in [-0.05, 0) is 31.9 Å². The molecule has 1 aromatic heterocycles. The lowest BCUT2D eigenvalue weighted by molar-refractivity contribution is -0.120. The number of hydrogen-bond donors (Lipinski definition) is 1. The van der Waals surface area contributed by atoms with E-state index < -0.39 is 0 Å². The van der Waals surface area contributed by atoms with Crippen LogP contribution in [0, 0.1) is 12.8 Å². The van der Waals surface area contributed by atoms with Gasteiger partial charge >= 0.3 is 0 Å². The first-order valence-electron chi connectivity index (χ1n) is 7.30. The van der Waals surface area contributed by atoms with Crippen LogP contribution in [0.2, 0.25) is 0 Å². The number of nitrogens with one attached hydrogen (secondary N) is 1. The summed E-state index contributed by atoms with van der Waals surface area (Å²) in [4.78, 5) is 12.0. The van der Waals surface area contributed by atoms with E-state index in [4.69, 9.17) is 4.42 Å². The van der Waals surface area contributed by atoms with Crippen LogP contribution < -0.4 is 5.32 Å². The van der Waals surface area contributed by atoms with E-state index in [1.165, 1.54) is 11.8 Å². The molecule has 0 spiro atoms. The van der Waals surface area contributed by atoms with Crippen molar-refractivity contribution in [2.24, 2.45) is 5.92 Å². The Morgan fingerprint density at radius 1 is 1.32 bits per heavy atom. The highest BCUT2D eigenvalue weighted by atomic mass is 32.2. The van der Waals surface area contributed by atoms with E-state index in [-0.39, 0.29) is 11.2 Å². The minimum Gasteiger partial charge on any atom is -0.411 e. The average molecular weight is 319 g/mol. The second kappa shape index (κ2) is 7.45. The van der Waals surface area contributed by atoms with Crippen molar-refractivity contribution in [1.82, 2.24) is 15.5 Å². The van der Waals surface area contributed by atoms with E-state index in [9.17, 15) is 4.79 Å². The number of hydrogen-bond acceptors (Lipinski definition) is 5. The fourth-order valence-corrected chi connectivity index (χ4v) is 2.51. The molecule has 2 rings (SSSR count). The lowest BCUT2D eigenvalue weighted by atomic mass is 10.1. The van der Waals surface area contributed by atoms with Gasteiger partial charge in [0.25, 0.3) is 5.22 Å². The summed E-state index contributed by atoms with van der Waals surface area (Å²) >= 11 is 1.27. The Morgan fingerprint density at radius 2 is 2.09 bits per heavy atom. The molecular formula is C16H21N3O2S. The van der Waals surface area contributed by atoms with Crippen LogP contribution >= 0.6 is 11.8 Å². The minimum atomic E-state index is -0.274. The molecule has 1 amide bonds. The van der Waals surface area contributed by atoms with Crippen molar-refractivity contribution in [2.75, 3.05) is 6.54 Å². The van der Waals surface area contributed by atoms with E-state index in [1.54, 1.807) is 0 Å². The second-order valence-corrected chi connectivity index (χ2v) is 6.93. The van der Waals surface area contributed by atoms with Gasteiger partial charge < -0.3 is 9.73 Å². The highest BCUT2D eigenvalue weighted by Crippen LogP contribution is 2.26. The number of carbonyl (C=O) groups is 1. The molecule has 0 saturated carbocycles. The molecule has 0 fully saturated rings. The van der Waals surface area contributed by atoms with Crippen LogP contribution in [0.5, 0.6) is 0 Å². The van der Waals surface area contributed by atoms with Crippen LogP contribution in [-0.4, -0.2) is 27.9 Å². The van der Waals surface area contributed by atoms with Gasteiger partial charge in [-0.2, -0.15) is 0 Å². The molecule has 0 radical (unpaired) electrons. The quantitative estimate of drug-likeness (QED) is 0.827. The smallest absolute Gasteiger partial charge is 0.277 e. The standard InChI is InChI=1S/C16H21N3O2S/c1-10(2)9-17-14(20)12(4)22-16-19-18-15(21-16)13-7-5-6-11(3)8-13/h5-8,10,12H,9H2,1-4H3,(H,17,20)/t12-/m1/s1. The van der Waals surface area contributed by atoms with Gasteiger partial charge in [0, 0.05) is 12.1 Å². The molecule has 2 aromatic rings. The van der Waals surface area contributed by atoms with Crippen molar-refractivity contribution in [1.29, 1.82) is 0 Å². The van der Waals surface area contributed by atoms with Crippen molar-refractivity contribution >= 4 is 17.7 Å². The van der Waals surface area contributed by atoms with Gasteiger partial charge in [-0.1, -0.05) is 43.3 Å². The first kappa shape index (κ1) is 16.5. The normalized spacial score (nSPS) is 12.4. The first-order chi connectivity index (χ1) is 10.5. The summed E-state index contributed by atoms with van der Waals surface area (Å²) < 4.78 is 5.63. The van der Waals surface area contributed by atoms with Crippen molar-refractivity contribution in [2.45, 2.75) is 38.2 Å². The van der Waals surface area contributed by atoms with Gasteiger partial charge in [-0.15, -0.1) is 10.2 Å². The molecule has 6 heteroatoms. The molecular weight excluding hydrogens is 298 g/mol. The molecule has 1 atom stereocenters. The zero-order chi connectivity index (χ0) is 16.1. The molecule has 0 aliphatic heterocycles. The maximum atomic E-state index is 12.0. The predicted octanol–water partition coefficient (Wildman–Crippen LogP) is 3.30. The number of carbonyl (C=O) groups excluding carboxylic acids is 1. The van der Waals surface area contributed by atoms with Gasteiger partial charge in [0.05, 0.1) is 5.25 Å². The molecule has 1 N–H and O–H groups in total. The van der Waals surface area contributed by atoms with Gasteiger partial charge in [-0.3, -0.25) is 4.79 Å². The second-order valence-electron chi connectivity index (χ2n) is 5.64. The fourth-order valence-electron chi connectivity index (χ4n) is 1.81. The Morgan fingerprint density at radius 3 is 2.77 bits per heavy atom. The monoisotopic (exact) mass is 319 g/mol. The maximum absolute atomic E-state index is 12.0. The Kier molecular flexibility index (Phi) is 5.60. The van der Waals surface area contributed by atoms with Crippen molar-refractivity contribution in [3.05, 3.63) is 29.8 Å². The van der Waals surface area contributed by atoms with E-state index in [0.29, 0.717) is 23.6 Å². The number of benzene rings is 1. The molecule has 5 nitrogen and oxygen atoms in total. The minimum absolute atomic E-state index is 0.0194. The van der Waals surface area contributed by atoms with Crippen LogP contribution in [0.1, 0.15) is 26.3 Å². The molecule has 0 unspecified atom stereocenters. The molecule has 22 heavy (non-hydrogen) atoms. The van der Waals surface area contributed by atoms with E-state index in [1.807, 2.05) is 38.1 Å². The Balaban J connectivity index is 1.98. The largest absolute Gasteiger partial charge is 0.411 e. The summed E-state index contributed by atoms with van der Waals surface area (Å²) in [6, 6.07) is 7.87. The molecule has 118 valence electrons. The van der Waals surface area contributed by atoms with Gasteiger partial charge in [0.1, 0.15) is 0 Å². The lowest BCUT2D eigenvalue weighted by Crippen LogP contribution is -2.33. The number of thioether (sulfide) groups is 1. The number of aryl methyl sites for hydroxylation is 1. The van der Waals surface area contributed by atoms with Gasteiger partial charge in [-0.25, -0.2) is 0 Å². The zero-order valence-electron chi connectivity index (χ0n) is 13.3. The number of rotatable bonds is 6. The van der Waals surface area contributed by atoms with Crippen LogP contribution in [0.4, 0.5) is 0 Å². The van der Waals surface area contributed by atoms with Crippen LogP contribution in [0.15, 0.2) is 33.9 Å². The van der Waals surface area contributed by atoms with Crippen LogP contribution in [-0.2, 0) is 4.79 Å². The van der Waals surface area contributed by atoms with Crippen LogP contribution in [0.3, 0.4) is 0 Å². The topological polar surface area (TPSA) is 68.0 Å². The summed E-state index contributed by atoms with van der Waals surface area (Å²) in [7, 11) is 0. The average Bonchev–Trinajstić information content (AvgIpc) is 2.93. The first-order valence-corrected chi connectivity index (χ1v) is 8.18. The lowest BCUT2D eigenvalue weighted by Gasteiger charge is -2.11. The molecule has 0 bridgehead atoms. The summed E-state index contributed by atoms with van der Waals surface area (Å²) in [5.74, 6) is 0.882. The SMILES string of the molecule is Cc1cccc(-c2nnc(S[C@H](C)C(=O)NCC(C)C)o2)c1. The van der Waals surface area contributed by atoms with Gasteiger partial charge in [0.15, 0.2) is 0 Å². The van der Waals surface area contributed by atoms with E-state index in [2.05, 4.69) is 29.4 Å². The van der Waals surface area contributed by atoms with Crippen molar-refractivity contribution < 1.29 is 9.21 Å². The van der Waals surface area contributed by atoms with Gasteiger partial charge in [0.2, 0.25) is 11.8 Å². The third kappa shape index (κ3) is 4.59. The van der Waals surface area contributed by atoms with E-state index in [0.717, 1.165) is 11.1 Å². The third-order valence-corrected chi connectivity index (χ3v) is 3.94. The zero-order valence-corrected chi connectivity index (χ0v) is 14.1. The molecule has 0 aliphatic rings. The summed E-state index contributed by atoms with van der Waals surface area (Å²) in [5.41, 5.74) is 2.02. The molecule has 0 saturated heterocycles. The maximum Gasteiger partial charge on any atom is 0.277 e. The third-order valence-electron chi connectivity index (χ3n) is 3.00. The molecule has 1 heterocycles. The van der Waals surface area contributed by atoms with Crippen molar-refractivity contribution in [3.8, 4) is 11.5 Å². The van der Waals surface area contributed by atoms with E-state index >= 15 is 0 Å². The predicted molar refractivity (Wildman–Crippen MR) is 87.6 cm³/mol. The number of aromatic nitrogens is 2. The summed E-state index contributed by atoms with van der Waals surface area (Å²) in [6.45, 7) is 8.63. The summed E-state index contributed by atoms with van der Waals surface area (Å²) in [6.07, 6.45) is 0. The Labute approximate surface area is 134 Å². The van der Waals surface area contributed by atoms with Crippen molar-refractivity contribution in [3.63, 3.8) is 0 Å². The van der Waals surface area contributed by atoms with Crippen LogP contribution in [0.25, 0.3) is 11.5 Å². The molecule has 1 aromatic carbocycles. The Bertz CT molecular complexity index is 640. The highest BCUT2D eigenvalue weighted by Gasteiger charge is 2.18. The summed E-state index contributed by atoms with van der Waals surface area (Å²) in [5, 5.41) is 11.1. The highest BCUT2D eigenvalue weighted by molar-refractivity contribution is 8.00. The Hall–Kier alpha value is -1.82. The fraction of sp³-hybridized carbons (Fsp3) is 0.438. The molecule has 0 aliphatic carbocycles. The number of nitrogens with zero attached hydrogens (tertiary/aromatic N) is 2. The number of amides is 1.